The molecule has 0 amide bonds. The van der Waals surface area contributed by atoms with Crippen molar-refractivity contribution >= 4 is 15.7 Å². The van der Waals surface area contributed by atoms with Gasteiger partial charge in [0, 0.05) is 11.1 Å². The monoisotopic (exact) mass is 531 g/mol. The molecule has 1 atom stereocenters. The normalized spacial score (nSPS) is 12.3. The third-order valence-electron chi connectivity index (χ3n) is 6.46. The number of nitrogens with one attached hydrogen (secondary N) is 1. The number of aliphatic hydroxyl groups is 1. The number of aryl methyl sites for hydroxylation is 1. The summed E-state index contributed by atoms with van der Waals surface area (Å²) in [4.78, 5) is 1.32. The van der Waals surface area contributed by atoms with Crippen LogP contribution < -0.4 is 13.9 Å². The lowest BCUT2D eigenvalue weighted by Crippen LogP contribution is -3.10. The average molecular weight is 532 g/mol. The van der Waals surface area contributed by atoms with Crippen LogP contribution in [-0.4, -0.2) is 39.8 Å². The first kappa shape index (κ1) is 27.4. The molecular formula is C31H35N2O4S+. The molecule has 0 aliphatic heterocycles. The summed E-state index contributed by atoms with van der Waals surface area (Å²) in [6, 6.07) is 33.9. The van der Waals surface area contributed by atoms with E-state index in [4.69, 9.17) is 4.74 Å². The Hall–Kier alpha value is -3.65. The Kier molecular flexibility index (Phi) is 9.18. The molecule has 6 nitrogen and oxygen atoms in total. The summed E-state index contributed by atoms with van der Waals surface area (Å²) in [6.07, 6.45) is -0.903. The predicted octanol–water partition coefficient (Wildman–Crippen LogP) is 3.85. The van der Waals surface area contributed by atoms with Gasteiger partial charge in [0.15, 0.2) is 0 Å². The van der Waals surface area contributed by atoms with Crippen LogP contribution in [0, 0.1) is 6.92 Å². The molecule has 4 rings (SSSR count). The molecule has 0 spiro atoms. The second kappa shape index (κ2) is 12.7. The molecule has 0 heterocycles. The van der Waals surface area contributed by atoms with E-state index in [1.54, 1.807) is 55.6 Å². The van der Waals surface area contributed by atoms with Crippen molar-refractivity contribution in [2.45, 2.75) is 31.0 Å². The van der Waals surface area contributed by atoms with Crippen LogP contribution in [0.15, 0.2) is 114 Å². The Balaban J connectivity index is 1.60. The molecular weight excluding hydrogens is 496 g/mol. The van der Waals surface area contributed by atoms with Gasteiger partial charge in [-0.25, -0.2) is 8.42 Å². The van der Waals surface area contributed by atoms with Gasteiger partial charge in [-0.3, -0.25) is 4.31 Å². The van der Waals surface area contributed by atoms with Gasteiger partial charge in [0.1, 0.15) is 31.5 Å². The van der Waals surface area contributed by atoms with Gasteiger partial charge in [-0.1, -0.05) is 78.4 Å². The number of anilines is 1. The summed E-state index contributed by atoms with van der Waals surface area (Å²) in [7, 11) is -2.35. The topological polar surface area (TPSA) is 71.3 Å². The maximum absolute atomic E-state index is 13.8. The number of rotatable bonds is 12. The zero-order valence-electron chi connectivity index (χ0n) is 21.8. The van der Waals surface area contributed by atoms with E-state index < -0.39 is 16.1 Å². The van der Waals surface area contributed by atoms with Crippen molar-refractivity contribution in [3.63, 3.8) is 0 Å². The lowest BCUT2D eigenvalue weighted by atomic mass is 10.1. The molecule has 7 heteroatoms. The van der Waals surface area contributed by atoms with Crippen LogP contribution in [0.1, 0.15) is 16.7 Å². The van der Waals surface area contributed by atoms with Crippen LogP contribution in [0.4, 0.5) is 5.69 Å². The number of methoxy groups -OCH3 is 1. The molecule has 4 aromatic carbocycles. The van der Waals surface area contributed by atoms with E-state index >= 15 is 0 Å². The maximum atomic E-state index is 13.8. The van der Waals surface area contributed by atoms with Gasteiger partial charge in [-0.2, -0.15) is 0 Å². The van der Waals surface area contributed by atoms with E-state index in [0.29, 0.717) is 31.1 Å². The molecule has 0 bridgehead atoms. The molecule has 0 saturated carbocycles. The Bertz CT molecular complexity index is 1340. The number of aliphatic hydroxyl groups excluding tert-OH is 1. The molecule has 0 fully saturated rings. The Labute approximate surface area is 225 Å². The smallest absolute Gasteiger partial charge is 0.264 e. The third kappa shape index (κ3) is 7.22. The summed E-state index contributed by atoms with van der Waals surface area (Å²) >= 11 is 0. The zero-order valence-corrected chi connectivity index (χ0v) is 22.6. The summed E-state index contributed by atoms with van der Waals surface area (Å²) in [5.74, 6) is 0.628. The van der Waals surface area contributed by atoms with Crippen LogP contribution in [0.2, 0.25) is 0 Å². The average Bonchev–Trinajstić information content (AvgIpc) is 2.93. The minimum atomic E-state index is -3.92. The van der Waals surface area contributed by atoms with Crippen molar-refractivity contribution in [1.29, 1.82) is 0 Å². The zero-order chi connectivity index (χ0) is 27.0. The first-order valence-electron chi connectivity index (χ1n) is 12.7. The van der Waals surface area contributed by atoms with Crippen LogP contribution in [0.3, 0.4) is 0 Å². The predicted molar refractivity (Wildman–Crippen MR) is 151 cm³/mol. The van der Waals surface area contributed by atoms with Crippen molar-refractivity contribution in [3.8, 4) is 5.75 Å². The standard InChI is InChI=1S/C31H34N2O4S/c1-25-13-19-31(20-14-25)38(35,36)33(28-15-17-30(37-2)18-16-28)24-29(34)23-32(21-26-9-5-3-6-10-26)22-27-11-7-4-8-12-27/h3-20,29,34H,21-24H2,1-2H3/p+1. The summed E-state index contributed by atoms with van der Waals surface area (Å²) < 4.78 is 34.1. The lowest BCUT2D eigenvalue weighted by Gasteiger charge is -2.29. The fraction of sp³-hybridized carbons (Fsp3) is 0.226. The first-order chi connectivity index (χ1) is 18.3. The molecule has 38 heavy (non-hydrogen) atoms. The maximum Gasteiger partial charge on any atom is 0.264 e. The number of hydrogen-bond donors (Lipinski definition) is 2. The van der Waals surface area contributed by atoms with Crippen LogP contribution >= 0.6 is 0 Å². The third-order valence-corrected chi connectivity index (χ3v) is 8.27. The molecule has 0 aliphatic rings. The highest BCUT2D eigenvalue weighted by Gasteiger charge is 2.29. The Morgan fingerprint density at radius 1 is 0.789 bits per heavy atom. The number of nitrogens with zero attached hydrogens (tertiary/aromatic N) is 1. The summed E-state index contributed by atoms with van der Waals surface area (Å²) in [5, 5.41) is 11.3. The lowest BCUT2D eigenvalue weighted by molar-refractivity contribution is -0.930. The second-order valence-corrected chi connectivity index (χ2v) is 11.3. The molecule has 4 aromatic rings. The van der Waals surface area contributed by atoms with E-state index in [1.807, 2.05) is 43.3 Å². The highest BCUT2D eigenvalue weighted by molar-refractivity contribution is 7.92. The molecule has 2 N–H and O–H groups in total. The summed E-state index contributed by atoms with van der Waals surface area (Å²) in [5.41, 5.74) is 3.76. The van der Waals surface area contributed by atoms with E-state index in [-0.39, 0.29) is 11.4 Å². The van der Waals surface area contributed by atoms with Crippen molar-refractivity contribution in [3.05, 3.63) is 126 Å². The minimum absolute atomic E-state index is 0.0738. The van der Waals surface area contributed by atoms with E-state index in [1.165, 1.54) is 4.31 Å². The molecule has 0 radical (unpaired) electrons. The van der Waals surface area contributed by atoms with E-state index in [2.05, 4.69) is 24.3 Å². The Morgan fingerprint density at radius 3 is 1.82 bits per heavy atom. The first-order valence-corrected chi connectivity index (χ1v) is 14.1. The van der Waals surface area contributed by atoms with Gasteiger partial charge in [0.05, 0.1) is 24.2 Å². The van der Waals surface area contributed by atoms with Gasteiger partial charge < -0.3 is 14.7 Å². The largest absolute Gasteiger partial charge is 0.497 e. The van der Waals surface area contributed by atoms with Crippen molar-refractivity contribution < 1.29 is 23.2 Å². The van der Waals surface area contributed by atoms with Gasteiger partial charge >= 0.3 is 0 Å². The highest BCUT2D eigenvalue weighted by Crippen LogP contribution is 2.26. The highest BCUT2D eigenvalue weighted by atomic mass is 32.2. The number of ether oxygens (including phenoxy) is 1. The fourth-order valence-corrected chi connectivity index (χ4v) is 6.00. The molecule has 0 aromatic heterocycles. The summed E-state index contributed by atoms with van der Waals surface area (Å²) in [6.45, 7) is 3.63. The van der Waals surface area contributed by atoms with Crippen LogP contribution in [0.5, 0.6) is 5.75 Å². The van der Waals surface area contributed by atoms with Crippen molar-refractivity contribution in [1.82, 2.24) is 0 Å². The van der Waals surface area contributed by atoms with E-state index in [9.17, 15) is 13.5 Å². The quantitative estimate of drug-likeness (QED) is 0.291. The molecule has 0 saturated heterocycles. The molecule has 0 aliphatic carbocycles. The molecule has 198 valence electrons. The van der Waals surface area contributed by atoms with E-state index in [0.717, 1.165) is 21.6 Å². The van der Waals surface area contributed by atoms with Crippen LogP contribution in [0.25, 0.3) is 0 Å². The Morgan fingerprint density at radius 2 is 1.32 bits per heavy atom. The van der Waals surface area contributed by atoms with Gasteiger partial charge in [0.25, 0.3) is 10.0 Å². The SMILES string of the molecule is COc1ccc(N(CC(O)C[NH+](Cc2ccccc2)Cc2ccccc2)S(=O)(=O)c2ccc(C)cc2)cc1. The van der Waals surface area contributed by atoms with Crippen LogP contribution in [-0.2, 0) is 23.1 Å². The second-order valence-electron chi connectivity index (χ2n) is 9.48. The minimum Gasteiger partial charge on any atom is -0.497 e. The van der Waals surface area contributed by atoms with Crippen molar-refractivity contribution in [2.24, 2.45) is 0 Å². The van der Waals surface area contributed by atoms with Gasteiger partial charge in [-0.05, 0) is 43.3 Å². The molecule has 1 unspecified atom stereocenters. The number of sulfonamides is 1. The van der Waals surface area contributed by atoms with Crippen molar-refractivity contribution in [2.75, 3.05) is 24.5 Å². The van der Waals surface area contributed by atoms with Gasteiger partial charge in [0.2, 0.25) is 0 Å². The van der Waals surface area contributed by atoms with Gasteiger partial charge in [-0.15, -0.1) is 0 Å². The number of benzene rings is 4. The number of hydrogen-bond acceptors (Lipinski definition) is 4. The number of quaternary nitrogens is 1. The fourth-order valence-electron chi connectivity index (χ4n) is 4.49.